The van der Waals surface area contributed by atoms with Crippen LogP contribution in [0.3, 0.4) is 0 Å². The third-order valence-electron chi connectivity index (χ3n) is 3.09. The molecule has 0 aromatic heterocycles. The minimum atomic E-state index is 0.347. The first-order valence-corrected chi connectivity index (χ1v) is 5.97. The van der Waals surface area contributed by atoms with Crippen LogP contribution in [-0.2, 0) is 0 Å². The molecule has 0 amide bonds. The smallest absolute Gasteiger partial charge is 0.0314 e. The molecule has 0 spiro atoms. The molecule has 2 N–H and O–H groups in total. The lowest BCUT2D eigenvalue weighted by molar-refractivity contribution is 1.30. The summed E-state index contributed by atoms with van der Waals surface area (Å²) >= 11 is 0. The molecule has 1 nitrogen and oxygen atoms in total. The summed E-state index contributed by atoms with van der Waals surface area (Å²) in [7, 11) is 0. The van der Waals surface area contributed by atoms with Crippen molar-refractivity contribution in [1.29, 1.82) is 0 Å². The van der Waals surface area contributed by atoms with Crippen molar-refractivity contribution in [2.75, 3.05) is 0 Å². The van der Waals surface area contributed by atoms with E-state index in [2.05, 4.69) is 59.2 Å². The van der Waals surface area contributed by atoms with Crippen LogP contribution < -0.4 is 5.73 Å². The van der Waals surface area contributed by atoms with E-state index in [9.17, 15) is 0 Å². The predicted octanol–water partition coefficient (Wildman–Crippen LogP) is 4.93. The highest BCUT2D eigenvalue weighted by Gasteiger charge is 2.14. The Hall–Kier alpha value is -2.54. The number of hydrogen-bond acceptors (Lipinski definition) is 1. The SMILES string of the molecule is C=C(C)C(=C)C(=C)C(=C)C(=C)C(=C)C(=C)C(=C)C(=C)N. The fourth-order valence-corrected chi connectivity index (χ4v) is 1.36. The zero-order valence-corrected chi connectivity index (χ0v) is 12.4. The van der Waals surface area contributed by atoms with E-state index in [1.165, 1.54) is 0 Å². The van der Waals surface area contributed by atoms with E-state index in [1.54, 1.807) is 0 Å². The molecule has 0 heterocycles. The van der Waals surface area contributed by atoms with Gasteiger partial charge in [0.15, 0.2) is 0 Å². The number of allylic oxidation sites excluding steroid dienone is 7. The molecule has 0 aliphatic heterocycles. The maximum absolute atomic E-state index is 5.61. The van der Waals surface area contributed by atoms with Crippen molar-refractivity contribution < 1.29 is 0 Å². The zero-order valence-electron chi connectivity index (χ0n) is 12.4. The molecular weight excluding hydrogens is 242 g/mol. The predicted molar refractivity (Wildman–Crippen MR) is 92.1 cm³/mol. The Morgan fingerprint density at radius 1 is 0.500 bits per heavy atom. The molecule has 0 atom stereocenters. The van der Waals surface area contributed by atoms with Gasteiger partial charge in [0.1, 0.15) is 0 Å². The van der Waals surface area contributed by atoms with Crippen molar-refractivity contribution in [3.63, 3.8) is 0 Å². The van der Waals surface area contributed by atoms with E-state index in [0.717, 1.165) is 11.1 Å². The fourth-order valence-electron chi connectivity index (χ4n) is 1.36. The second-order valence-electron chi connectivity index (χ2n) is 4.66. The van der Waals surface area contributed by atoms with Gasteiger partial charge in [0.05, 0.1) is 0 Å². The van der Waals surface area contributed by atoms with E-state index < -0.39 is 0 Å². The second-order valence-corrected chi connectivity index (χ2v) is 4.66. The van der Waals surface area contributed by atoms with E-state index >= 15 is 0 Å². The molecule has 20 heavy (non-hydrogen) atoms. The van der Waals surface area contributed by atoms with E-state index in [4.69, 9.17) is 5.73 Å². The molecule has 0 aromatic rings. The van der Waals surface area contributed by atoms with Crippen molar-refractivity contribution in [3.05, 3.63) is 109 Å². The largest absolute Gasteiger partial charge is 0.399 e. The Kier molecular flexibility index (Phi) is 5.74. The number of rotatable bonds is 8. The molecule has 0 fully saturated rings. The standard InChI is InChI=1S/C19H23N/c1-11(2)12(3)13(4)14(5)15(6)16(7)17(8)18(9)19(10)20/h1,3-10,20H2,2H3. The molecule has 0 aliphatic carbocycles. The average Bonchev–Trinajstić information content (AvgIpc) is 2.40. The van der Waals surface area contributed by atoms with E-state index in [-0.39, 0.29) is 0 Å². The molecule has 104 valence electrons. The molecule has 0 rings (SSSR count). The summed E-state index contributed by atoms with van der Waals surface area (Å²) in [5.41, 5.74) is 11.2. The zero-order chi connectivity index (χ0) is 16.2. The highest BCUT2D eigenvalue weighted by Crippen LogP contribution is 2.32. The number of nitrogens with two attached hydrogens (primary N) is 1. The van der Waals surface area contributed by atoms with Gasteiger partial charge in [-0.1, -0.05) is 64.8 Å². The lowest BCUT2D eigenvalue weighted by atomic mass is 9.86. The molecule has 0 aliphatic rings. The summed E-state index contributed by atoms with van der Waals surface area (Å²) in [6.45, 7) is 36.8. The Morgan fingerprint density at radius 2 is 0.750 bits per heavy atom. The molecule has 0 aromatic carbocycles. The quantitative estimate of drug-likeness (QED) is 0.619. The molecule has 1 heteroatoms. The fraction of sp³-hybridized carbons (Fsp3) is 0.0526. The van der Waals surface area contributed by atoms with Crippen LogP contribution in [0.2, 0.25) is 0 Å². The summed E-state index contributed by atoms with van der Waals surface area (Å²) in [6.07, 6.45) is 0. The Bertz CT molecular complexity index is 539. The van der Waals surface area contributed by atoms with Crippen LogP contribution in [0.25, 0.3) is 0 Å². The molecule has 0 unspecified atom stereocenters. The lowest BCUT2D eigenvalue weighted by Gasteiger charge is -2.19. The third-order valence-corrected chi connectivity index (χ3v) is 3.09. The summed E-state index contributed by atoms with van der Waals surface area (Å²) in [6, 6.07) is 0. The lowest BCUT2D eigenvalue weighted by Crippen LogP contribution is -2.04. The highest BCUT2D eigenvalue weighted by atomic mass is 14.6. The van der Waals surface area contributed by atoms with Gasteiger partial charge in [-0.3, -0.25) is 0 Å². The van der Waals surface area contributed by atoms with Crippen LogP contribution in [0.4, 0.5) is 0 Å². The van der Waals surface area contributed by atoms with Gasteiger partial charge in [0.2, 0.25) is 0 Å². The van der Waals surface area contributed by atoms with Gasteiger partial charge in [-0.05, 0) is 45.9 Å². The van der Waals surface area contributed by atoms with E-state index in [0.29, 0.717) is 39.1 Å². The van der Waals surface area contributed by atoms with E-state index in [1.807, 2.05) is 6.92 Å². The van der Waals surface area contributed by atoms with Gasteiger partial charge in [0, 0.05) is 5.70 Å². The number of hydrogen-bond donors (Lipinski definition) is 1. The van der Waals surface area contributed by atoms with Crippen LogP contribution >= 0.6 is 0 Å². The molecule has 0 radical (unpaired) electrons. The summed E-state index contributed by atoms with van der Waals surface area (Å²) in [4.78, 5) is 0. The van der Waals surface area contributed by atoms with Gasteiger partial charge in [-0.15, -0.1) is 0 Å². The first-order valence-electron chi connectivity index (χ1n) is 5.97. The van der Waals surface area contributed by atoms with Crippen molar-refractivity contribution in [3.8, 4) is 0 Å². The minimum Gasteiger partial charge on any atom is -0.399 e. The van der Waals surface area contributed by atoms with Crippen molar-refractivity contribution in [1.82, 2.24) is 0 Å². The van der Waals surface area contributed by atoms with Crippen molar-refractivity contribution >= 4 is 0 Å². The summed E-state index contributed by atoms with van der Waals surface area (Å²) in [5.74, 6) is 0. The third kappa shape index (κ3) is 3.72. The Labute approximate surface area is 122 Å². The monoisotopic (exact) mass is 265 g/mol. The molecule has 0 bridgehead atoms. The first kappa shape index (κ1) is 17.5. The topological polar surface area (TPSA) is 26.0 Å². The van der Waals surface area contributed by atoms with Crippen LogP contribution in [0, 0.1) is 0 Å². The van der Waals surface area contributed by atoms with Crippen molar-refractivity contribution in [2.24, 2.45) is 5.73 Å². The summed E-state index contributed by atoms with van der Waals surface area (Å²) < 4.78 is 0. The van der Waals surface area contributed by atoms with Gasteiger partial charge in [0.25, 0.3) is 0 Å². The average molecular weight is 265 g/mol. The Balaban J connectivity index is 5.20. The molecule has 0 saturated carbocycles. The highest BCUT2D eigenvalue weighted by molar-refractivity contribution is 5.67. The maximum atomic E-state index is 5.61. The van der Waals surface area contributed by atoms with Gasteiger partial charge >= 0.3 is 0 Å². The first-order chi connectivity index (χ1) is 9.02. The van der Waals surface area contributed by atoms with Gasteiger partial charge in [-0.25, -0.2) is 0 Å². The van der Waals surface area contributed by atoms with Crippen LogP contribution in [0.5, 0.6) is 0 Å². The minimum absolute atomic E-state index is 0.347. The summed E-state index contributed by atoms with van der Waals surface area (Å²) in [5, 5.41) is 0. The van der Waals surface area contributed by atoms with Crippen LogP contribution in [-0.4, -0.2) is 0 Å². The van der Waals surface area contributed by atoms with Crippen LogP contribution in [0.1, 0.15) is 6.92 Å². The van der Waals surface area contributed by atoms with Crippen LogP contribution in [0.15, 0.2) is 109 Å². The van der Waals surface area contributed by atoms with Crippen molar-refractivity contribution in [2.45, 2.75) is 6.92 Å². The second kappa shape index (κ2) is 6.58. The normalized spacial score (nSPS) is 9.25. The Morgan fingerprint density at radius 3 is 1.00 bits per heavy atom. The van der Waals surface area contributed by atoms with Gasteiger partial charge in [-0.2, -0.15) is 0 Å². The maximum Gasteiger partial charge on any atom is 0.0314 e. The van der Waals surface area contributed by atoms with Gasteiger partial charge < -0.3 is 5.73 Å². The molecule has 0 saturated heterocycles. The molecular formula is C19H23N.